The summed E-state index contributed by atoms with van der Waals surface area (Å²) in [4.78, 5) is 59.3. The molecule has 0 aliphatic carbocycles. The highest BCUT2D eigenvalue weighted by molar-refractivity contribution is 8.26. The maximum absolute atomic E-state index is 13.6. The zero-order valence-electron chi connectivity index (χ0n) is 18.9. The van der Waals surface area contributed by atoms with Crippen LogP contribution >= 0.6 is 24.0 Å². The van der Waals surface area contributed by atoms with Crippen molar-refractivity contribution < 1.29 is 19.1 Å². The van der Waals surface area contributed by atoms with Gasteiger partial charge in [0.15, 0.2) is 0 Å². The number of hydrogen-bond acceptors (Lipinski definition) is 9. The number of likely N-dealkylation sites (N-methyl/N-ethyl adjacent to an activating group) is 1. The van der Waals surface area contributed by atoms with Crippen LogP contribution in [0, 0.1) is 6.92 Å². The highest BCUT2D eigenvalue weighted by Crippen LogP contribution is 2.33. The summed E-state index contributed by atoms with van der Waals surface area (Å²) in [6.07, 6.45) is 2.93. The Kier molecular flexibility index (Phi) is 6.71. The Morgan fingerprint density at radius 2 is 2.12 bits per heavy atom. The van der Waals surface area contributed by atoms with E-state index in [1.54, 1.807) is 17.2 Å². The van der Waals surface area contributed by atoms with Gasteiger partial charge in [0.25, 0.3) is 11.5 Å². The van der Waals surface area contributed by atoms with Crippen molar-refractivity contribution in [1.29, 1.82) is 0 Å². The van der Waals surface area contributed by atoms with Crippen LogP contribution in [0.1, 0.15) is 24.5 Å². The van der Waals surface area contributed by atoms with Crippen LogP contribution in [-0.2, 0) is 19.1 Å². The van der Waals surface area contributed by atoms with E-state index in [1.165, 1.54) is 22.5 Å². The third-order valence-corrected chi connectivity index (χ3v) is 7.02. The lowest BCUT2D eigenvalue weighted by atomic mass is 10.1. The molecular weight excluding hydrogens is 478 g/mol. The molecule has 2 fully saturated rings. The predicted molar refractivity (Wildman–Crippen MR) is 133 cm³/mol. The number of thioether (sulfide) groups is 1. The molecule has 1 unspecified atom stereocenters. The quantitative estimate of drug-likeness (QED) is 0.365. The molecule has 0 radical (unpaired) electrons. The standard InChI is InChI=1S/C22H23N5O5S2/c1-4-25-21(31)15(34-22(25)33)9-13-18(24-16-6-5-12(2)11-27(16)20(13)30)26-8-7-23-19(29)14(26)10-17(28)32-3/h5-6,9,11,14H,4,7-8,10H2,1-3H3,(H,23,29)/b15-9-. The second-order valence-electron chi connectivity index (χ2n) is 7.80. The third-order valence-electron chi connectivity index (χ3n) is 5.64. The van der Waals surface area contributed by atoms with Crippen LogP contribution in [-0.4, -0.2) is 69.2 Å². The fourth-order valence-corrected chi connectivity index (χ4v) is 5.27. The largest absolute Gasteiger partial charge is 0.469 e. The van der Waals surface area contributed by atoms with Gasteiger partial charge in [0.05, 0.1) is 24.0 Å². The van der Waals surface area contributed by atoms with Crippen molar-refractivity contribution in [3.63, 3.8) is 0 Å². The Bertz CT molecular complexity index is 1300. The van der Waals surface area contributed by atoms with Crippen LogP contribution in [0.2, 0.25) is 0 Å². The van der Waals surface area contributed by atoms with Crippen molar-refractivity contribution in [2.24, 2.45) is 0 Å². The second kappa shape index (κ2) is 9.55. The number of carbonyl (C=O) groups is 3. The molecule has 2 aliphatic rings. The van der Waals surface area contributed by atoms with Gasteiger partial charge >= 0.3 is 5.97 Å². The van der Waals surface area contributed by atoms with Gasteiger partial charge in [-0.2, -0.15) is 0 Å². The summed E-state index contributed by atoms with van der Waals surface area (Å²) in [5.74, 6) is -1.00. The van der Waals surface area contributed by atoms with Crippen LogP contribution in [0.25, 0.3) is 11.7 Å². The molecule has 4 rings (SSSR count). The van der Waals surface area contributed by atoms with E-state index in [0.717, 1.165) is 17.3 Å². The third kappa shape index (κ3) is 4.30. The average Bonchev–Trinajstić information content (AvgIpc) is 3.09. The number of nitrogens with one attached hydrogen (secondary N) is 1. The lowest BCUT2D eigenvalue weighted by Gasteiger charge is -2.36. The smallest absolute Gasteiger partial charge is 0.308 e. The van der Waals surface area contributed by atoms with E-state index in [4.69, 9.17) is 17.0 Å². The number of ether oxygens (including phenoxy) is 1. The van der Waals surface area contributed by atoms with Crippen molar-refractivity contribution in [1.82, 2.24) is 19.6 Å². The summed E-state index contributed by atoms with van der Waals surface area (Å²) in [6, 6.07) is 2.62. The number of piperazine rings is 1. The van der Waals surface area contributed by atoms with Crippen LogP contribution in [0.3, 0.4) is 0 Å². The number of methoxy groups -OCH3 is 1. The number of hydrogen-bond donors (Lipinski definition) is 1. The van der Waals surface area contributed by atoms with Gasteiger partial charge in [-0.15, -0.1) is 0 Å². The van der Waals surface area contributed by atoms with Gasteiger partial charge in [-0.1, -0.05) is 30.0 Å². The average molecular weight is 502 g/mol. The molecule has 2 amide bonds. The van der Waals surface area contributed by atoms with Gasteiger partial charge in [0.1, 0.15) is 21.8 Å². The fraction of sp³-hybridized carbons (Fsp3) is 0.364. The molecule has 4 heterocycles. The van der Waals surface area contributed by atoms with Crippen molar-refractivity contribution in [3.05, 3.63) is 44.7 Å². The first kappa shape index (κ1) is 23.9. The molecule has 178 valence electrons. The van der Waals surface area contributed by atoms with Crippen molar-refractivity contribution in [3.8, 4) is 0 Å². The number of amides is 2. The number of thiocarbonyl (C=S) groups is 1. The molecule has 12 heteroatoms. The zero-order valence-corrected chi connectivity index (χ0v) is 20.5. The molecule has 0 spiro atoms. The van der Waals surface area contributed by atoms with E-state index in [9.17, 15) is 19.2 Å². The molecule has 2 saturated heterocycles. The number of anilines is 1. The number of fused-ring (bicyclic) bond motifs is 1. The van der Waals surface area contributed by atoms with Crippen LogP contribution in [0.5, 0.6) is 0 Å². The van der Waals surface area contributed by atoms with E-state index in [0.29, 0.717) is 34.5 Å². The summed E-state index contributed by atoms with van der Waals surface area (Å²) in [5.41, 5.74) is 0.984. The maximum Gasteiger partial charge on any atom is 0.308 e. The molecule has 0 saturated carbocycles. The molecule has 10 nitrogen and oxygen atoms in total. The minimum atomic E-state index is -0.918. The summed E-state index contributed by atoms with van der Waals surface area (Å²) in [6.45, 7) is 4.71. The van der Waals surface area contributed by atoms with Gasteiger partial charge < -0.3 is 15.0 Å². The normalized spacial score (nSPS) is 19.8. The van der Waals surface area contributed by atoms with Gasteiger partial charge in [0, 0.05) is 25.8 Å². The van der Waals surface area contributed by atoms with Crippen molar-refractivity contribution >= 4 is 63.6 Å². The number of esters is 1. The minimum absolute atomic E-state index is 0.143. The number of pyridine rings is 1. The van der Waals surface area contributed by atoms with Crippen molar-refractivity contribution in [2.45, 2.75) is 26.3 Å². The zero-order chi connectivity index (χ0) is 24.6. The number of aromatic nitrogens is 2. The van der Waals surface area contributed by atoms with Gasteiger partial charge in [-0.25, -0.2) is 4.98 Å². The first-order valence-electron chi connectivity index (χ1n) is 10.6. The molecule has 1 N–H and O–H groups in total. The summed E-state index contributed by atoms with van der Waals surface area (Å²) in [5, 5.41) is 2.74. The van der Waals surface area contributed by atoms with E-state index in [2.05, 4.69) is 10.3 Å². The van der Waals surface area contributed by atoms with Crippen LogP contribution in [0.4, 0.5) is 5.82 Å². The molecule has 2 aromatic heterocycles. The summed E-state index contributed by atoms with van der Waals surface area (Å²) < 4.78 is 6.58. The van der Waals surface area contributed by atoms with Gasteiger partial charge in [0.2, 0.25) is 5.91 Å². The molecule has 0 bridgehead atoms. The SMILES string of the molecule is CCN1C(=O)/C(=C/c2c(N3CCNC(=O)C3CC(=O)OC)nc3ccc(C)cn3c2=O)SC1=S. The molecule has 0 aromatic carbocycles. The molecule has 34 heavy (non-hydrogen) atoms. The van der Waals surface area contributed by atoms with E-state index in [1.807, 2.05) is 19.9 Å². The molecule has 2 aromatic rings. The summed E-state index contributed by atoms with van der Waals surface area (Å²) >= 11 is 6.41. The number of rotatable bonds is 5. The Hall–Kier alpha value is -3.25. The van der Waals surface area contributed by atoms with Crippen molar-refractivity contribution in [2.75, 3.05) is 31.6 Å². The predicted octanol–water partition coefficient (Wildman–Crippen LogP) is 1.09. The number of aryl methyl sites for hydroxylation is 1. The van der Waals surface area contributed by atoms with Gasteiger partial charge in [-0.05, 0) is 31.6 Å². The van der Waals surface area contributed by atoms with E-state index in [-0.39, 0.29) is 29.6 Å². The number of carbonyl (C=O) groups excluding carboxylic acids is 3. The first-order valence-corrected chi connectivity index (χ1v) is 11.9. The van der Waals surface area contributed by atoms with E-state index >= 15 is 0 Å². The highest BCUT2D eigenvalue weighted by Gasteiger charge is 2.36. The monoisotopic (exact) mass is 501 g/mol. The molecule has 1 atom stereocenters. The minimum Gasteiger partial charge on any atom is -0.469 e. The highest BCUT2D eigenvalue weighted by atomic mass is 32.2. The first-order chi connectivity index (χ1) is 16.2. The Morgan fingerprint density at radius 1 is 1.35 bits per heavy atom. The molecule has 2 aliphatic heterocycles. The topological polar surface area (TPSA) is 113 Å². The van der Waals surface area contributed by atoms with E-state index < -0.39 is 17.6 Å². The Morgan fingerprint density at radius 3 is 2.79 bits per heavy atom. The maximum atomic E-state index is 13.6. The van der Waals surface area contributed by atoms with Crippen LogP contribution < -0.4 is 15.8 Å². The summed E-state index contributed by atoms with van der Waals surface area (Å²) in [7, 11) is 1.25. The number of nitrogens with zero attached hydrogens (tertiary/aromatic N) is 4. The Labute approximate surface area is 204 Å². The fourth-order valence-electron chi connectivity index (χ4n) is 3.91. The lowest BCUT2D eigenvalue weighted by Crippen LogP contribution is -2.57. The Balaban J connectivity index is 1.93. The lowest BCUT2D eigenvalue weighted by molar-refractivity contribution is -0.143. The second-order valence-corrected chi connectivity index (χ2v) is 9.47. The molecular formula is C22H23N5O5S2. The van der Waals surface area contributed by atoms with Gasteiger partial charge in [-0.3, -0.25) is 28.5 Å². The van der Waals surface area contributed by atoms with Crippen LogP contribution in [0.15, 0.2) is 28.0 Å².